The predicted octanol–water partition coefficient (Wildman–Crippen LogP) is 0.885. The highest BCUT2D eigenvalue weighted by Crippen LogP contribution is 2.21. The van der Waals surface area contributed by atoms with Crippen LogP contribution < -0.4 is 5.32 Å². The van der Waals surface area contributed by atoms with Crippen molar-refractivity contribution < 1.29 is 8.42 Å². The van der Waals surface area contributed by atoms with Crippen molar-refractivity contribution in [2.45, 2.75) is 23.8 Å². The monoisotopic (exact) mass is 294 g/mol. The topological polar surface area (TPSA) is 86.1 Å². The van der Waals surface area contributed by atoms with Gasteiger partial charge in [-0.1, -0.05) is 0 Å². The van der Waals surface area contributed by atoms with Crippen LogP contribution in [-0.4, -0.2) is 50.2 Å². The number of anilines is 1. The fourth-order valence-corrected chi connectivity index (χ4v) is 3.12. The average molecular weight is 294 g/mol. The summed E-state index contributed by atoms with van der Waals surface area (Å²) in [6.07, 6.45) is 4.52. The first kappa shape index (κ1) is 14.8. The number of nitrogens with one attached hydrogen (secondary N) is 1. The molecular formula is C13H18N4O2S. The Labute approximate surface area is 119 Å². The van der Waals surface area contributed by atoms with Crippen molar-refractivity contribution in [3.63, 3.8) is 0 Å². The van der Waals surface area contributed by atoms with Gasteiger partial charge in [-0.05, 0) is 25.0 Å². The molecule has 1 fully saturated rings. The van der Waals surface area contributed by atoms with Gasteiger partial charge in [0.25, 0.3) is 0 Å². The fourth-order valence-electron chi connectivity index (χ4n) is 2.33. The molecule has 108 valence electrons. The second-order valence-electron chi connectivity index (χ2n) is 4.98. The molecule has 7 heteroatoms. The largest absolute Gasteiger partial charge is 0.366 e. The van der Waals surface area contributed by atoms with Gasteiger partial charge in [0.15, 0.2) is 9.84 Å². The lowest BCUT2D eigenvalue weighted by Gasteiger charge is -2.31. The summed E-state index contributed by atoms with van der Waals surface area (Å²) in [5.74, 6) is 0.425. The maximum Gasteiger partial charge on any atom is 0.179 e. The fraction of sp³-hybridized carbons (Fsp3) is 0.538. The smallest absolute Gasteiger partial charge is 0.179 e. The van der Waals surface area contributed by atoms with E-state index in [1.807, 2.05) is 0 Å². The van der Waals surface area contributed by atoms with E-state index in [1.54, 1.807) is 18.3 Å². The number of sulfone groups is 1. The Hall–Kier alpha value is -1.65. The zero-order chi connectivity index (χ0) is 14.6. The molecule has 0 aliphatic carbocycles. The highest BCUT2D eigenvalue weighted by atomic mass is 32.2. The molecule has 1 N–H and O–H groups in total. The Balaban J connectivity index is 2.04. The minimum absolute atomic E-state index is 0.195. The van der Waals surface area contributed by atoms with E-state index >= 15 is 0 Å². The first-order valence-electron chi connectivity index (χ1n) is 6.51. The van der Waals surface area contributed by atoms with Crippen LogP contribution in [0.5, 0.6) is 0 Å². The van der Waals surface area contributed by atoms with Crippen LogP contribution >= 0.6 is 0 Å². The number of hydrogen-bond acceptors (Lipinski definition) is 6. The molecule has 20 heavy (non-hydrogen) atoms. The van der Waals surface area contributed by atoms with Gasteiger partial charge in [-0.15, -0.1) is 0 Å². The lowest BCUT2D eigenvalue weighted by molar-refractivity contribution is 0.242. The third-order valence-electron chi connectivity index (χ3n) is 3.39. The predicted molar refractivity (Wildman–Crippen MR) is 76.0 cm³/mol. The van der Waals surface area contributed by atoms with Gasteiger partial charge in [0.1, 0.15) is 10.7 Å². The van der Waals surface area contributed by atoms with E-state index < -0.39 is 9.84 Å². The summed E-state index contributed by atoms with van der Waals surface area (Å²) < 4.78 is 23.4. The Kier molecular flexibility index (Phi) is 4.57. The summed E-state index contributed by atoms with van der Waals surface area (Å²) in [6.45, 7) is 2.13. The number of hydrogen-bond donors (Lipinski definition) is 1. The van der Waals surface area contributed by atoms with Crippen LogP contribution in [0.3, 0.4) is 0 Å². The molecule has 0 unspecified atom stereocenters. The molecule has 0 bridgehead atoms. The molecule has 0 amide bonds. The SMILES string of the molecule is CS(=O)(=O)c1cccnc1NC1CCN(CC#N)CC1. The third kappa shape index (κ3) is 3.68. The lowest BCUT2D eigenvalue weighted by Crippen LogP contribution is -2.39. The number of likely N-dealkylation sites (tertiary alicyclic amines) is 1. The molecule has 6 nitrogen and oxygen atoms in total. The summed E-state index contributed by atoms with van der Waals surface area (Å²) >= 11 is 0. The molecule has 1 aliphatic rings. The number of pyridine rings is 1. The number of nitriles is 1. The first-order valence-corrected chi connectivity index (χ1v) is 8.41. The van der Waals surface area contributed by atoms with E-state index in [4.69, 9.17) is 5.26 Å². The van der Waals surface area contributed by atoms with Crippen LogP contribution in [-0.2, 0) is 9.84 Å². The standard InChI is InChI=1S/C13H18N4O2S/c1-20(18,19)12-3-2-7-15-13(12)16-11-4-8-17(9-5-11)10-6-14/h2-3,7,11H,4-5,8-10H2,1H3,(H,15,16). The van der Waals surface area contributed by atoms with Crippen molar-refractivity contribution in [3.8, 4) is 6.07 Å². The molecule has 0 aromatic carbocycles. The number of rotatable bonds is 4. The molecule has 1 aromatic rings. The summed E-state index contributed by atoms with van der Waals surface area (Å²) in [5.41, 5.74) is 0. The maximum atomic E-state index is 11.7. The third-order valence-corrected chi connectivity index (χ3v) is 4.52. The van der Waals surface area contributed by atoms with E-state index in [0.717, 1.165) is 25.9 Å². The highest BCUT2D eigenvalue weighted by Gasteiger charge is 2.21. The number of nitrogens with zero attached hydrogens (tertiary/aromatic N) is 3. The lowest BCUT2D eigenvalue weighted by atomic mass is 10.1. The van der Waals surface area contributed by atoms with Crippen LogP contribution in [0, 0.1) is 11.3 Å². The molecule has 0 spiro atoms. The molecule has 2 rings (SSSR count). The van der Waals surface area contributed by atoms with Crippen molar-refractivity contribution in [1.82, 2.24) is 9.88 Å². The summed E-state index contributed by atoms with van der Waals surface area (Å²) in [6, 6.07) is 5.53. The van der Waals surface area contributed by atoms with E-state index in [9.17, 15) is 8.42 Å². The minimum atomic E-state index is -3.28. The van der Waals surface area contributed by atoms with Crippen LogP contribution in [0.2, 0.25) is 0 Å². The number of piperidine rings is 1. The molecule has 0 saturated carbocycles. The maximum absolute atomic E-state index is 11.7. The zero-order valence-electron chi connectivity index (χ0n) is 11.4. The molecule has 0 radical (unpaired) electrons. The minimum Gasteiger partial charge on any atom is -0.366 e. The van der Waals surface area contributed by atoms with Crippen LogP contribution in [0.4, 0.5) is 5.82 Å². The van der Waals surface area contributed by atoms with E-state index in [1.165, 1.54) is 6.26 Å². The summed E-state index contributed by atoms with van der Waals surface area (Å²) in [4.78, 5) is 6.47. The van der Waals surface area contributed by atoms with Gasteiger partial charge in [-0.25, -0.2) is 13.4 Å². The highest BCUT2D eigenvalue weighted by molar-refractivity contribution is 7.90. The van der Waals surface area contributed by atoms with Gasteiger partial charge in [-0.3, -0.25) is 4.90 Å². The van der Waals surface area contributed by atoms with Gasteiger partial charge in [0, 0.05) is 31.6 Å². The second kappa shape index (κ2) is 6.20. The molecule has 1 aromatic heterocycles. The average Bonchev–Trinajstić information content (AvgIpc) is 2.41. The van der Waals surface area contributed by atoms with E-state index in [0.29, 0.717) is 12.4 Å². The van der Waals surface area contributed by atoms with Crippen molar-refractivity contribution in [1.29, 1.82) is 5.26 Å². The van der Waals surface area contributed by atoms with Gasteiger partial charge in [0.05, 0.1) is 12.6 Å². The van der Waals surface area contributed by atoms with Crippen LogP contribution in [0.1, 0.15) is 12.8 Å². The molecule has 0 atom stereocenters. The summed E-state index contributed by atoms with van der Waals surface area (Å²) in [7, 11) is -3.28. The zero-order valence-corrected chi connectivity index (χ0v) is 12.2. The van der Waals surface area contributed by atoms with Gasteiger partial charge >= 0.3 is 0 Å². The van der Waals surface area contributed by atoms with Crippen molar-refractivity contribution >= 4 is 15.7 Å². The van der Waals surface area contributed by atoms with E-state index in [-0.39, 0.29) is 10.9 Å². The first-order chi connectivity index (χ1) is 9.50. The molecule has 2 heterocycles. The quantitative estimate of drug-likeness (QED) is 0.830. The van der Waals surface area contributed by atoms with Crippen molar-refractivity contribution in [3.05, 3.63) is 18.3 Å². The number of aromatic nitrogens is 1. The molecule has 1 aliphatic heterocycles. The second-order valence-corrected chi connectivity index (χ2v) is 6.96. The summed E-state index contributed by atoms with van der Waals surface area (Å²) in [5, 5.41) is 11.9. The molecule has 1 saturated heterocycles. The Morgan fingerprint density at radius 1 is 1.50 bits per heavy atom. The van der Waals surface area contributed by atoms with Crippen LogP contribution in [0.25, 0.3) is 0 Å². The Morgan fingerprint density at radius 2 is 2.20 bits per heavy atom. The Bertz CT molecular complexity index is 601. The van der Waals surface area contributed by atoms with Crippen molar-refractivity contribution in [2.75, 3.05) is 31.2 Å². The van der Waals surface area contributed by atoms with Crippen molar-refractivity contribution in [2.24, 2.45) is 0 Å². The Morgan fingerprint density at radius 3 is 2.80 bits per heavy atom. The van der Waals surface area contributed by atoms with Gasteiger partial charge < -0.3 is 5.32 Å². The normalized spacial score (nSPS) is 17.6. The van der Waals surface area contributed by atoms with Gasteiger partial charge in [0.2, 0.25) is 0 Å². The van der Waals surface area contributed by atoms with E-state index in [2.05, 4.69) is 21.3 Å². The molecular weight excluding hydrogens is 276 g/mol. The van der Waals surface area contributed by atoms with Gasteiger partial charge in [-0.2, -0.15) is 5.26 Å². The van der Waals surface area contributed by atoms with Crippen LogP contribution in [0.15, 0.2) is 23.2 Å².